The van der Waals surface area contributed by atoms with Gasteiger partial charge in [0.2, 0.25) is 0 Å². The Morgan fingerprint density at radius 1 is 1.57 bits per heavy atom. The largest absolute Gasteiger partial charge is 0.461 e. The summed E-state index contributed by atoms with van der Waals surface area (Å²) in [4.78, 5) is 16.9. The number of benzene rings is 1. The number of hydrogen-bond acceptors (Lipinski definition) is 4. The summed E-state index contributed by atoms with van der Waals surface area (Å²) in [5.74, 6) is 0.254. The average molecular weight is 327 g/mol. The second-order valence-corrected chi connectivity index (χ2v) is 5.87. The van der Waals surface area contributed by atoms with Crippen molar-refractivity contribution in [1.29, 1.82) is 0 Å². The van der Waals surface area contributed by atoms with Crippen LogP contribution >= 0.6 is 23.4 Å². The minimum Gasteiger partial charge on any atom is -0.461 e. The highest BCUT2D eigenvalue weighted by molar-refractivity contribution is 7.98. The standard InChI is InChI=1S/C14H12ClFN2O2S/c1-3-20-14(19)12-10-6-21-13-9(18(10)7(2)17-12)5-4-8(16)11(13)15/h4-5H,3,6H2,1-2H3. The van der Waals surface area contributed by atoms with Crippen molar-refractivity contribution in [2.75, 3.05) is 6.61 Å². The van der Waals surface area contributed by atoms with E-state index in [2.05, 4.69) is 4.98 Å². The van der Waals surface area contributed by atoms with Crippen molar-refractivity contribution in [3.63, 3.8) is 0 Å². The molecule has 1 aliphatic heterocycles. The van der Waals surface area contributed by atoms with Gasteiger partial charge < -0.3 is 4.74 Å². The predicted molar refractivity (Wildman–Crippen MR) is 78.8 cm³/mol. The van der Waals surface area contributed by atoms with Crippen LogP contribution in [0.3, 0.4) is 0 Å². The molecule has 0 unspecified atom stereocenters. The minimum absolute atomic E-state index is 0.105. The normalized spacial score (nSPS) is 12.8. The van der Waals surface area contributed by atoms with E-state index in [0.29, 0.717) is 28.8 Å². The Kier molecular flexibility index (Phi) is 3.67. The Morgan fingerprint density at radius 2 is 2.33 bits per heavy atom. The van der Waals surface area contributed by atoms with Gasteiger partial charge in [-0.25, -0.2) is 14.2 Å². The van der Waals surface area contributed by atoms with Crippen LogP contribution in [0.25, 0.3) is 5.69 Å². The van der Waals surface area contributed by atoms with Gasteiger partial charge in [0.1, 0.15) is 11.6 Å². The average Bonchev–Trinajstić information content (AvgIpc) is 2.81. The highest BCUT2D eigenvalue weighted by Crippen LogP contribution is 2.42. The van der Waals surface area contributed by atoms with Gasteiger partial charge in [-0.15, -0.1) is 11.8 Å². The molecule has 0 saturated carbocycles. The van der Waals surface area contributed by atoms with E-state index in [0.717, 1.165) is 11.4 Å². The molecule has 1 aromatic heterocycles. The van der Waals surface area contributed by atoms with Crippen molar-refractivity contribution in [3.05, 3.63) is 40.2 Å². The Hall–Kier alpha value is -1.53. The Morgan fingerprint density at radius 3 is 3.05 bits per heavy atom. The van der Waals surface area contributed by atoms with Crippen LogP contribution in [-0.2, 0) is 10.5 Å². The number of imidazole rings is 1. The first kappa shape index (κ1) is 14.4. The lowest BCUT2D eigenvalue weighted by atomic mass is 10.2. The van der Waals surface area contributed by atoms with Gasteiger partial charge in [-0.2, -0.15) is 0 Å². The lowest BCUT2D eigenvalue weighted by Crippen LogP contribution is -2.12. The molecule has 110 valence electrons. The van der Waals surface area contributed by atoms with Crippen LogP contribution in [0, 0.1) is 12.7 Å². The molecule has 21 heavy (non-hydrogen) atoms. The molecule has 0 N–H and O–H groups in total. The summed E-state index contributed by atoms with van der Waals surface area (Å²) in [6.07, 6.45) is 0. The number of carbonyl (C=O) groups excluding carboxylic acids is 1. The second-order valence-electron chi connectivity index (χ2n) is 4.51. The molecule has 0 radical (unpaired) electrons. The maximum Gasteiger partial charge on any atom is 0.358 e. The topological polar surface area (TPSA) is 44.1 Å². The first-order chi connectivity index (χ1) is 10.0. The maximum absolute atomic E-state index is 13.6. The monoisotopic (exact) mass is 326 g/mol. The Labute approximate surface area is 130 Å². The number of aromatic nitrogens is 2. The van der Waals surface area contributed by atoms with Crippen LogP contribution in [0.1, 0.15) is 28.9 Å². The van der Waals surface area contributed by atoms with Gasteiger partial charge in [-0.1, -0.05) is 11.6 Å². The van der Waals surface area contributed by atoms with Crippen LogP contribution < -0.4 is 0 Å². The molecular weight excluding hydrogens is 315 g/mol. The smallest absolute Gasteiger partial charge is 0.358 e. The number of fused-ring (bicyclic) bond motifs is 3. The lowest BCUT2D eigenvalue weighted by molar-refractivity contribution is 0.0519. The molecule has 1 aliphatic rings. The molecule has 1 aromatic carbocycles. The molecule has 0 saturated heterocycles. The number of carbonyl (C=O) groups is 1. The van der Waals surface area contributed by atoms with Crippen molar-refractivity contribution in [2.45, 2.75) is 24.5 Å². The molecule has 0 fully saturated rings. The number of halogens is 2. The Bertz CT molecular complexity index is 745. The third-order valence-electron chi connectivity index (χ3n) is 3.23. The third kappa shape index (κ3) is 2.22. The first-order valence-corrected chi connectivity index (χ1v) is 7.77. The number of aryl methyl sites for hydroxylation is 1. The van der Waals surface area contributed by atoms with Gasteiger partial charge in [0.05, 0.1) is 27.9 Å². The summed E-state index contributed by atoms with van der Waals surface area (Å²) in [5.41, 5.74) is 1.81. The fourth-order valence-electron chi connectivity index (χ4n) is 2.37. The summed E-state index contributed by atoms with van der Waals surface area (Å²) in [6.45, 7) is 3.84. The molecule has 0 bridgehead atoms. The van der Waals surface area contributed by atoms with Gasteiger partial charge in [0, 0.05) is 5.75 Å². The maximum atomic E-state index is 13.6. The third-order valence-corrected chi connectivity index (χ3v) is 4.83. The SMILES string of the molecule is CCOC(=O)c1nc(C)n2c1CSc1c-2ccc(F)c1Cl. The van der Waals surface area contributed by atoms with Gasteiger partial charge in [0.25, 0.3) is 0 Å². The van der Waals surface area contributed by atoms with Crippen molar-refractivity contribution >= 4 is 29.3 Å². The van der Waals surface area contributed by atoms with Gasteiger partial charge in [-0.3, -0.25) is 4.57 Å². The highest BCUT2D eigenvalue weighted by Gasteiger charge is 2.28. The fraction of sp³-hybridized carbons (Fsp3) is 0.286. The van der Waals surface area contributed by atoms with Crippen molar-refractivity contribution in [3.8, 4) is 5.69 Å². The minimum atomic E-state index is -0.449. The van der Waals surface area contributed by atoms with Crippen LogP contribution in [-0.4, -0.2) is 22.1 Å². The molecule has 4 nitrogen and oxygen atoms in total. The summed E-state index contributed by atoms with van der Waals surface area (Å²) >= 11 is 7.42. The van der Waals surface area contributed by atoms with Gasteiger partial charge in [0.15, 0.2) is 5.69 Å². The molecule has 3 rings (SSSR count). The van der Waals surface area contributed by atoms with E-state index in [-0.39, 0.29) is 5.02 Å². The number of rotatable bonds is 2. The summed E-state index contributed by atoms with van der Waals surface area (Å²) in [6, 6.07) is 2.97. The van der Waals surface area contributed by atoms with Crippen LogP contribution in [0.2, 0.25) is 5.02 Å². The zero-order valence-corrected chi connectivity index (χ0v) is 13.0. The summed E-state index contributed by atoms with van der Waals surface area (Å²) in [5, 5.41) is 0.105. The van der Waals surface area contributed by atoms with Gasteiger partial charge in [-0.05, 0) is 26.0 Å². The van der Waals surface area contributed by atoms with E-state index in [1.54, 1.807) is 19.9 Å². The quantitative estimate of drug-likeness (QED) is 0.788. The zero-order valence-electron chi connectivity index (χ0n) is 11.4. The van der Waals surface area contributed by atoms with E-state index >= 15 is 0 Å². The van der Waals surface area contributed by atoms with E-state index in [9.17, 15) is 9.18 Å². The second kappa shape index (κ2) is 5.35. The summed E-state index contributed by atoms with van der Waals surface area (Å²) in [7, 11) is 0. The van der Waals surface area contributed by atoms with E-state index < -0.39 is 11.8 Å². The molecule has 0 amide bonds. The van der Waals surface area contributed by atoms with Crippen molar-refractivity contribution in [2.24, 2.45) is 0 Å². The predicted octanol–water partition coefficient (Wildman–Crippen LogP) is 3.76. The summed E-state index contributed by atoms with van der Waals surface area (Å²) < 4.78 is 20.4. The molecule has 0 spiro atoms. The highest BCUT2D eigenvalue weighted by atomic mass is 35.5. The molecule has 0 atom stereocenters. The molecule has 0 aliphatic carbocycles. The first-order valence-electron chi connectivity index (χ1n) is 6.41. The molecule has 2 heterocycles. The van der Waals surface area contributed by atoms with E-state index in [4.69, 9.17) is 16.3 Å². The number of nitrogens with zero attached hydrogens (tertiary/aromatic N) is 2. The lowest BCUT2D eigenvalue weighted by Gasteiger charge is -2.21. The number of thioether (sulfide) groups is 1. The fourth-order valence-corrected chi connectivity index (χ4v) is 3.77. The number of ether oxygens (including phenoxy) is 1. The van der Waals surface area contributed by atoms with E-state index in [1.165, 1.54) is 17.8 Å². The van der Waals surface area contributed by atoms with Crippen LogP contribution in [0.4, 0.5) is 4.39 Å². The molecule has 7 heteroatoms. The van der Waals surface area contributed by atoms with Crippen LogP contribution in [0.5, 0.6) is 0 Å². The number of hydrogen-bond donors (Lipinski definition) is 0. The zero-order chi connectivity index (χ0) is 15.1. The Balaban J connectivity index is 2.18. The van der Waals surface area contributed by atoms with Crippen molar-refractivity contribution in [1.82, 2.24) is 9.55 Å². The molecule has 2 aromatic rings. The van der Waals surface area contributed by atoms with Crippen molar-refractivity contribution < 1.29 is 13.9 Å². The van der Waals surface area contributed by atoms with E-state index in [1.807, 2.05) is 4.57 Å². The van der Waals surface area contributed by atoms with Gasteiger partial charge >= 0.3 is 5.97 Å². The van der Waals surface area contributed by atoms with Crippen LogP contribution in [0.15, 0.2) is 17.0 Å². The molecular formula is C14H12ClFN2O2S. The number of esters is 1.